The van der Waals surface area contributed by atoms with Crippen LogP contribution < -0.4 is 0 Å². The van der Waals surface area contributed by atoms with Gasteiger partial charge in [0, 0.05) is 47.4 Å². The van der Waals surface area contributed by atoms with Gasteiger partial charge in [-0.05, 0) is 54.6 Å². The summed E-state index contributed by atoms with van der Waals surface area (Å²) in [6.45, 7) is 0. The number of hydrogen-bond donors (Lipinski definition) is 0. The number of thiazole rings is 1. The average Bonchev–Trinajstić information content (AvgIpc) is 3.79. The summed E-state index contributed by atoms with van der Waals surface area (Å²) in [5, 5.41) is 8.63. The van der Waals surface area contributed by atoms with Gasteiger partial charge in [-0.1, -0.05) is 84.1 Å². The highest BCUT2D eigenvalue weighted by Crippen LogP contribution is 2.44. The molecule has 5 heteroatoms. The third-order valence-electron chi connectivity index (χ3n) is 8.56. The first-order chi connectivity index (χ1) is 20.8. The van der Waals surface area contributed by atoms with E-state index in [1.54, 1.807) is 11.3 Å². The zero-order chi connectivity index (χ0) is 27.4. The molecule has 0 aliphatic carbocycles. The number of rotatable bonds is 2. The van der Waals surface area contributed by atoms with Crippen molar-refractivity contribution in [3.8, 4) is 10.8 Å². The van der Waals surface area contributed by atoms with Crippen LogP contribution in [0, 0.1) is 0 Å². The summed E-state index contributed by atoms with van der Waals surface area (Å²) in [5.74, 6) is 0. The van der Waals surface area contributed by atoms with Gasteiger partial charge >= 0.3 is 0 Å². The van der Waals surface area contributed by atoms with Crippen LogP contribution in [0.15, 0.2) is 127 Å². The Morgan fingerprint density at radius 3 is 1.83 bits per heavy atom. The molecule has 0 fully saturated rings. The van der Waals surface area contributed by atoms with Gasteiger partial charge in [0.1, 0.15) is 0 Å². The standard InChI is InChI=1S/C37H21N3S2/c1-2-10-22(11-3-1)39-29-15-7-4-12-23(29)26-21-32-27(20-31(26)39)24-13-5-8-16-30(24)40(32)37-38-28-18-19-34-35(36(28)42-37)25-14-6-9-17-33(25)41-34/h1-21H. The minimum Gasteiger partial charge on any atom is -0.309 e. The van der Waals surface area contributed by atoms with Crippen molar-refractivity contribution >= 4 is 96.7 Å². The van der Waals surface area contributed by atoms with Gasteiger partial charge in [-0.25, -0.2) is 4.98 Å². The summed E-state index contributed by atoms with van der Waals surface area (Å²) >= 11 is 3.66. The Labute approximate surface area is 248 Å². The van der Waals surface area contributed by atoms with E-state index in [2.05, 4.69) is 137 Å². The van der Waals surface area contributed by atoms with Gasteiger partial charge in [0.05, 0.1) is 32.3 Å². The molecule has 6 aromatic carbocycles. The predicted octanol–water partition coefficient (Wildman–Crippen LogP) is 10.9. The maximum Gasteiger partial charge on any atom is 0.195 e. The zero-order valence-corrected chi connectivity index (χ0v) is 23.9. The summed E-state index contributed by atoms with van der Waals surface area (Å²) in [6.07, 6.45) is 0. The normalized spacial score (nSPS) is 12.3. The van der Waals surface area contributed by atoms with Gasteiger partial charge in [-0.15, -0.1) is 11.3 Å². The van der Waals surface area contributed by atoms with Crippen molar-refractivity contribution in [2.75, 3.05) is 0 Å². The smallest absolute Gasteiger partial charge is 0.195 e. The first kappa shape index (κ1) is 22.7. The molecule has 0 aliphatic heterocycles. The first-order valence-electron chi connectivity index (χ1n) is 14.1. The fraction of sp³-hybridized carbons (Fsp3) is 0. The van der Waals surface area contributed by atoms with E-state index in [1.165, 1.54) is 74.2 Å². The first-order valence-corrected chi connectivity index (χ1v) is 15.7. The van der Waals surface area contributed by atoms with Crippen LogP contribution in [0.1, 0.15) is 0 Å². The van der Waals surface area contributed by atoms with Crippen LogP contribution in [0.5, 0.6) is 0 Å². The van der Waals surface area contributed by atoms with Crippen molar-refractivity contribution in [3.63, 3.8) is 0 Å². The molecule has 0 radical (unpaired) electrons. The molecular weight excluding hydrogens is 551 g/mol. The zero-order valence-electron chi connectivity index (χ0n) is 22.3. The van der Waals surface area contributed by atoms with Crippen molar-refractivity contribution in [2.45, 2.75) is 0 Å². The lowest BCUT2D eigenvalue weighted by Gasteiger charge is -2.08. The number of thiophene rings is 1. The molecule has 0 amide bonds. The Morgan fingerprint density at radius 1 is 0.452 bits per heavy atom. The maximum atomic E-state index is 5.27. The number of para-hydroxylation sites is 3. The van der Waals surface area contributed by atoms with Gasteiger partial charge in [0.15, 0.2) is 5.13 Å². The highest BCUT2D eigenvalue weighted by molar-refractivity contribution is 7.28. The molecule has 0 saturated carbocycles. The number of aromatic nitrogens is 3. The SMILES string of the molecule is c1ccc(-n2c3ccccc3c3cc4c(cc32)c2ccccc2n4-c2nc3ccc4sc5ccccc5c4c3s2)cc1. The van der Waals surface area contributed by atoms with E-state index in [1.807, 2.05) is 11.3 Å². The second kappa shape index (κ2) is 8.29. The van der Waals surface area contributed by atoms with Crippen LogP contribution in [0.25, 0.3) is 84.8 Å². The van der Waals surface area contributed by atoms with Crippen LogP contribution in [0.2, 0.25) is 0 Å². The minimum absolute atomic E-state index is 1.00. The van der Waals surface area contributed by atoms with E-state index >= 15 is 0 Å². The monoisotopic (exact) mass is 571 g/mol. The maximum absolute atomic E-state index is 5.27. The molecular formula is C37H21N3S2. The van der Waals surface area contributed by atoms with Gasteiger partial charge in [0.2, 0.25) is 0 Å². The van der Waals surface area contributed by atoms with Crippen LogP contribution in [0.4, 0.5) is 0 Å². The molecule has 0 unspecified atom stereocenters. The highest BCUT2D eigenvalue weighted by atomic mass is 32.1. The Hall–Kier alpha value is -4.97. The third kappa shape index (κ3) is 2.96. The molecule has 0 spiro atoms. The predicted molar refractivity (Wildman–Crippen MR) is 181 cm³/mol. The molecule has 3 nitrogen and oxygen atoms in total. The van der Waals surface area contributed by atoms with Gasteiger partial charge in [0.25, 0.3) is 0 Å². The van der Waals surface area contributed by atoms with Crippen molar-refractivity contribution in [1.29, 1.82) is 0 Å². The lowest BCUT2D eigenvalue weighted by molar-refractivity contribution is 1.15. The van der Waals surface area contributed by atoms with Crippen LogP contribution in [-0.2, 0) is 0 Å². The van der Waals surface area contributed by atoms with Crippen LogP contribution in [-0.4, -0.2) is 14.1 Å². The van der Waals surface area contributed by atoms with Gasteiger partial charge < -0.3 is 4.57 Å². The molecule has 4 heterocycles. The van der Waals surface area contributed by atoms with E-state index in [4.69, 9.17) is 4.98 Å². The Kier molecular flexibility index (Phi) is 4.48. The van der Waals surface area contributed by atoms with E-state index < -0.39 is 0 Å². The number of fused-ring (bicyclic) bond motifs is 11. The Bertz CT molecular complexity index is 2690. The minimum atomic E-state index is 1.00. The molecule has 10 aromatic rings. The molecule has 0 bridgehead atoms. The number of benzene rings is 6. The van der Waals surface area contributed by atoms with E-state index in [-0.39, 0.29) is 0 Å². The second-order valence-electron chi connectivity index (χ2n) is 10.8. The lowest BCUT2D eigenvalue weighted by atomic mass is 10.1. The molecule has 196 valence electrons. The largest absolute Gasteiger partial charge is 0.309 e. The Morgan fingerprint density at radius 2 is 1.07 bits per heavy atom. The summed E-state index contributed by atoms with van der Waals surface area (Å²) in [5.41, 5.74) is 7.03. The summed E-state index contributed by atoms with van der Waals surface area (Å²) in [6, 6.07) is 46.1. The lowest BCUT2D eigenvalue weighted by Crippen LogP contribution is -1.94. The topological polar surface area (TPSA) is 22.8 Å². The second-order valence-corrected chi connectivity index (χ2v) is 12.9. The molecule has 0 N–H and O–H groups in total. The fourth-order valence-electron chi connectivity index (χ4n) is 6.77. The average molecular weight is 572 g/mol. The van der Waals surface area contributed by atoms with Crippen molar-refractivity contribution in [3.05, 3.63) is 127 Å². The van der Waals surface area contributed by atoms with Crippen molar-refractivity contribution in [2.24, 2.45) is 0 Å². The molecule has 0 saturated heterocycles. The summed E-state index contributed by atoms with van der Waals surface area (Å²) < 4.78 is 8.67. The molecule has 0 aliphatic rings. The Balaban J connectivity index is 1.34. The highest BCUT2D eigenvalue weighted by Gasteiger charge is 2.20. The van der Waals surface area contributed by atoms with Crippen LogP contribution in [0.3, 0.4) is 0 Å². The summed E-state index contributed by atoms with van der Waals surface area (Å²) in [4.78, 5) is 5.27. The van der Waals surface area contributed by atoms with E-state index in [9.17, 15) is 0 Å². The van der Waals surface area contributed by atoms with E-state index in [0.717, 1.165) is 10.6 Å². The molecule has 0 atom stereocenters. The van der Waals surface area contributed by atoms with Crippen LogP contribution >= 0.6 is 22.7 Å². The number of nitrogens with zero attached hydrogens (tertiary/aromatic N) is 3. The molecule has 10 rings (SSSR count). The molecule has 4 aromatic heterocycles. The summed E-state index contributed by atoms with van der Waals surface area (Å²) in [7, 11) is 0. The number of hydrogen-bond acceptors (Lipinski definition) is 3. The van der Waals surface area contributed by atoms with Gasteiger partial charge in [-0.2, -0.15) is 0 Å². The van der Waals surface area contributed by atoms with Gasteiger partial charge in [-0.3, -0.25) is 4.57 Å². The molecule has 42 heavy (non-hydrogen) atoms. The van der Waals surface area contributed by atoms with E-state index in [0.29, 0.717) is 0 Å². The third-order valence-corrected chi connectivity index (χ3v) is 10.8. The van der Waals surface area contributed by atoms with Crippen molar-refractivity contribution in [1.82, 2.24) is 14.1 Å². The van der Waals surface area contributed by atoms with Crippen molar-refractivity contribution < 1.29 is 0 Å². The quantitative estimate of drug-likeness (QED) is 0.202. The fourth-order valence-corrected chi connectivity index (χ4v) is 9.10.